The molecule has 0 saturated carbocycles. The van der Waals surface area contributed by atoms with Crippen molar-refractivity contribution >= 4 is 21.8 Å². The Morgan fingerprint density at radius 1 is 1.35 bits per heavy atom. The van der Waals surface area contributed by atoms with E-state index in [2.05, 4.69) is 51.6 Å². The number of hydrogen-bond acceptors (Lipinski definition) is 3. The smallest absolute Gasteiger partial charge is 0.270 e. The number of amides is 1. The number of rotatable bonds is 4. The highest BCUT2D eigenvalue weighted by Gasteiger charge is 2.15. The monoisotopic (exact) mass is 337 g/mol. The molecule has 0 aromatic heterocycles. The first kappa shape index (κ1) is 15.1. The molecule has 0 saturated heterocycles. The van der Waals surface area contributed by atoms with E-state index in [-0.39, 0.29) is 5.91 Å². The van der Waals surface area contributed by atoms with Crippen molar-refractivity contribution in [1.29, 1.82) is 0 Å². The van der Waals surface area contributed by atoms with Gasteiger partial charge in [0.25, 0.3) is 5.91 Å². The minimum absolute atomic E-state index is 0.135. The molecule has 108 valence electrons. The second-order valence-electron chi connectivity index (χ2n) is 5.13. The van der Waals surface area contributed by atoms with Gasteiger partial charge in [0.15, 0.2) is 0 Å². The summed E-state index contributed by atoms with van der Waals surface area (Å²) < 4.78 is 0.794. The van der Waals surface area contributed by atoms with Crippen molar-refractivity contribution in [3.63, 3.8) is 0 Å². The van der Waals surface area contributed by atoms with Gasteiger partial charge in [-0.1, -0.05) is 12.1 Å². The molecule has 0 atom stereocenters. The van der Waals surface area contributed by atoms with Crippen LogP contribution in [0, 0.1) is 0 Å². The summed E-state index contributed by atoms with van der Waals surface area (Å²) >= 11 is 3.38. The van der Waals surface area contributed by atoms with Gasteiger partial charge in [-0.3, -0.25) is 15.1 Å². The number of halogens is 1. The van der Waals surface area contributed by atoms with Crippen LogP contribution in [0.5, 0.6) is 0 Å². The molecule has 2 rings (SSSR count). The Morgan fingerprint density at radius 3 is 2.70 bits per heavy atom. The largest absolute Gasteiger partial charge is 0.303 e. The minimum atomic E-state index is -0.135. The van der Waals surface area contributed by atoms with Gasteiger partial charge in [-0.2, -0.15) is 0 Å². The molecule has 0 aliphatic carbocycles. The maximum Gasteiger partial charge on any atom is 0.270 e. The molecule has 1 heterocycles. The quantitative estimate of drug-likeness (QED) is 0.830. The van der Waals surface area contributed by atoms with Crippen LogP contribution in [0.2, 0.25) is 0 Å². The van der Waals surface area contributed by atoms with Gasteiger partial charge in [-0.05, 0) is 48.0 Å². The van der Waals surface area contributed by atoms with Gasteiger partial charge in [0.05, 0.1) is 5.56 Å². The molecular formula is C15H20BrN3O. The Hall–Kier alpha value is -1.33. The molecular weight excluding hydrogens is 318 g/mol. The Kier molecular flexibility index (Phi) is 5.20. The summed E-state index contributed by atoms with van der Waals surface area (Å²) in [5, 5.41) is 0. The summed E-state index contributed by atoms with van der Waals surface area (Å²) in [6.45, 7) is 6.33. The zero-order chi connectivity index (χ0) is 14.5. The van der Waals surface area contributed by atoms with Crippen molar-refractivity contribution in [2.45, 2.75) is 26.3 Å². The molecule has 0 fully saturated rings. The number of carbonyl (C=O) groups is 1. The lowest BCUT2D eigenvalue weighted by atomic mass is 10.1. The highest BCUT2D eigenvalue weighted by molar-refractivity contribution is 9.10. The average Bonchev–Trinajstić information content (AvgIpc) is 2.45. The molecule has 5 heteroatoms. The minimum Gasteiger partial charge on any atom is -0.303 e. The summed E-state index contributed by atoms with van der Waals surface area (Å²) in [4.78, 5) is 14.4. The van der Waals surface area contributed by atoms with Crippen LogP contribution in [0.15, 0.2) is 40.5 Å². The first-order valence-electron chi connectivity index (χ1n) is 6.82. The average molecular weight is 338 g/mol. The Bertz CT molecular complexity index is 514. The lowest BCUT2D eigenvalue weighted by molar-refractivity contribution is 0.0936. The van der Waals surface area contributed by atoms with Crippen LogP contribution in [0.3, 0.4) is 0 Å². The maximum absolute atomic E-state index is 12.0. The number of carbonyl (C=O) groups excluding carboxylic acids is 1. The van der Waals surface area contributed by atoms with Crippen molar-refractivity contribution in [2.24, 2.45) is 0 Å². The molecule has 1 aliphatic rings. The molecule has 1 aliphatic heterocycles. The Balaban J connectivity index is 1.87. The van der Waals surface area contributed by atoms with Crippen molar-refractivity contribution in [3.8, 4) is 0 Å². The van der Waals surface area contributed by atoms with Gasteiger partial charge >= 0.3 is 0 Å². The summed E-state index contributed by atoms with van der Waals surface area (Å²) in [5.41, 5.74) is 7.47. The molecule has 1 amide bonds. The lowest BCUT2D eigenvalue weighted by Crippen LogP contribution is -2.41. The van der Waals surface area contributed by atoms with Gasteiger partial charge < -0.3 is 5.43 Å². The van der Waals surface area contributed by atoms with E-state index in [1.54, 1.807) is 6.07 Å². The molecule has 0 bridgehead atoms. The van der Waals surface area contributed by atoms with Crippen LogP contribution in [-0.4, -0.2) is 29.9 Å². The normalized spacial score (nSPS) is 15.9. The molecule has 1 aromatic carbocycles. The van der Waals surface area contributed by atoms with E-state index < -0.39 is 0 Å². The van der Waals surface area contributed by atoms with Crippen LogP contribution in [0.25, 0.3) is 0 Å². The van der Waals surface area contributed by atoms with E-state index >= 15 is 0 Å². The van der Waals surface area contributed by atoms with Gasteiger partial charge in [0, 0.05) is 35.7 Å². The summed E-state index contributed by atoms with van der Waals surface area (Å²) in [7, 11) is 0. The summed E-state index contributed by atoms with van der Waals surface area (Å²) in [5.74, 6) is -0.135. The molecule has 2 N–H and O–H groups in total. The standard InChI is InChI=1S/C15H20BrN3O/c1-11(2)19-9-7-12(8-10-19)17-18-15(20)13-5-3-4-6-14(13)16/h3-7,11,17H,8-10H2,1-2H3,(H,18,20). The van der Waals surface area contributed by atoms with E-state index in [0.717, 1.165) is 29.7 Å². The first-order chi connectivity index (χ1) is 9.58. The van der Waals surface area contributed by atoms with Gasteiger partial charge in [0.1, 0.15) is 0 Å². The number of benzene rings is 1. The van der Waals surface area contributed by atoms with Crippen LogP contribution >= 0.6 is 15.9 Å². The van der Waals surface area contributed by atoms with E-state index in [9.17, 15) is 4.79 Å². The Labute approximate surface area is 128 Å². The zero-order valence-corrected chi connectivity index (χ0v) is 13.4. The molecule has 0 unspecified atom stereocenters. The molecule has 0 spiro atoms. The van der Waals surface area contributed by atoms with E-state index in [4.69, 9.17) is 0 Å². The second-order valence-corrected chi connectivity index (χ2v) is 5.98. The van der Waals surface area contributed by atoms with Gasteiger partial charge in [-0.25, -0.2) is 0 Å². The highest BCUT2D eigenvalue weighted by Crippen LogP contribution is 2.15. The van der Waals surface area contributed by atoms with Crippen molar-refractivity contribution in [1.82, 2.24) is 15.8 Å². The van der Waals surface area contributed by atoms with Crippen LogP contribution in [0.1, 0.15) is 30.6 Å². The predicted octanol–water partition coefficient (Wildman–Crippen LogP) is 2.68. The first-order valence-corrected chi connectivity index (χ1v) is 7.61. The fourth-order valence-corrected chi connectivity index (χ4v) is 2.58. The van der Waals surface area contributed by atoms with Crippen LogP contribution in [0.4, 0.5) is 0 Å². The second kappa shape index (κ2) is 6.90. The zero-order valence-electron chi connectivity index (χ0n) is 11.8. The van der Waals surface area contributed by atoms with Gasteiger partial charge in [-0.15, -0.1) is 0 Å². The Morgan fingerprint density at radius 2 is 2.10 bits per heavy atom. The highest BCUT2D eigenvalue weighted by atomic mass is 79.9. The predicted molar refractivity (Wildman–Crippen MR) is 84.2 cm³/mol. The summed E-state index contributed by atoms with van der Waals surface area (Å²) in [6, 6.07) is 7.94. The molecule has 0 radical (unpaired) electrons. The van der Waals surface area contributed by atoms with Crippen molar-refractivity contribution in [2.75, 3.05) is 13.1 Å². The third-order valence-corrected chi connectivity index (χ3v) is 4.12. The van der Waals surface area contributed by atoms with Crippen LogP contribution in [-0.2, 0) is 0 Å². The third kappa shape index (κ3) is 3.84. The van der Waals surface area contributed by atoms with Crippen molar-refractivity contribution in [3.05, 3.63) is 46.1 Å². The number of hydrogen-bond donors (Lipinski definition) is 2. The van der Waals surface area contributed by atoms with E-state index in [0.29, 0.717) is 11.6 Å². The topological polar surface area (TPSA) is 44.4 Å². The molecule has 1 aromatic rings. The number of nitrogens with one attached hydrogen (secondary N) is 2. The van der Waals surface area contributed by atoms with Gasteiger partial charge in [0.2, 0.25) is 0 Å². The molecule has 20 heavy (non-hydrogen) atoms. The fraction of sp³-hybridized carbons (Fsp3) is 0.400. The third-order valence-electron chi connectivity index (χ3n) is 3.43. The van der Waals surface area contributed by atoms with E-state index in [1.165, 1.54) is 0 Å². The summed E-state index contributed by atoms with van der Waals surface area (Å²) in [6.07, 6.45) is 3.05. The SMILES string of the molecule is CC(C)N1CC=C(NNC(=O)c2ccccc2Br)CC1. The maximum atomic E-state index is 12.0. The van der Waals surface area contributed by atoms with Crippen molar-refractivity contribution < 1.29 is 4.79 Å². The molecule has 4 nitrogen and oxygen atoms in total. The lowest BCUT2D eigenvalue weighted by Gasteiger charge is -2.29. The van der Waals surface area contributed by atoms with Crippen LogP contribution < -0.4 is 10.9 Å². The number of nitrogens with zero attached hydrogens (tertiary/aromatic N) is 1. The number of hydrazine groups is 1. The fourth-order valence-electron chi connectivity index (χ4n) is 2.12. The van der Waals surface area contributed by atoms with E-state index in [1.807, 2.05) is 18.2 Å².